The zero-order valence-electron chi connectivity index (χ0n) is 41.9. The summed E-state index contributed by atoms with van der Waals surface area (Å²) in [6.07, 6.45) is 27.8. The van der Waals surface area contributed by atoms with Crippen LogP contribution in [0.2, 0.25) is 0 Å². The lowest BCUT2D eigenvalue weighted by atomic mass is 9.97. The van der Waals surface area contributed by atoms with Gasteiger partial charge in [-0.15, -0.1) is 0 Å². The van der Waals surface area contributed by atoms with E-state index in [1.54, 1.807) is 6.08 Å². The first kappa shape index (κ1) is 61.6. The molecule has 12 atom stereocenters. The van der Waals surface area contributed by atoms with Gasteiger partial charge in [-0.1, -0.05) is 186 Å². The zero-order valence-corrected chi connectivity index (χ0v) is 41.9. The number of nitrogens with one attached hydrogen (secondary N) is 1. The third kappa shape index (κ3) is 27.0. The molecular weight excluding hydrogens is 859 g/mol. The van der Waals surface area contributed by atoms with Crippen molar-refractivity contribution in [1.82, 2.24) is 5.32 Å². The van der Waals surface area contributed by atoms with Crippen molar-refractivity contribution in [2.24, 2.45) is 0 Å². The number of hydrogen-bond donors (Lipinski definition) is 9. The molecule has 0 bridgehead atoms. The van der Waals surface area contributed by atoms with Gasteiger partial charge in [0.25, 0.3) is 0 Å². The largest absolute Gasteiger partial charge is 0.394 e. The van der Waals surface area contributed by atoms with Crippen molar-refractivity contribution in [3.63, 3.8) is 0 Å². The van der Waals surface area contributed by atoms with Gasteiger partial charge in [0.15, 0.2) is 12.6 Å². The summed E-state index contributed by atoms with van der Waals surface area (Å²) >= 11 is 0. The van der Waals surface area contributed by atoms with Crippen LogP contribution in [-0.2, 0) is 23.7 Å². The Bertz CT molecular complexity index is 1220. The molecule has 0 saturated carbocycles. The SMILES string of the molecule is CCCCCCCC/C=C\CCCCCCCCCCCC(=O)NC(COC1OC(CO)C(OC2OC(CO)C(O)C(O)C2O)C(O)C1O)C(O)/C=C/CCCCCCCCCCCCCC. The van der Waals surface area contributed by atoms with Crippen molar-refractivity contribution >= 4 is 5.91 Å². The molecule has 0 radical (unpaired) electrons. The van der Waals surface area contributed by atoms with Crippen LogP contribution in [0.3, 0.4) is 0 Å². The molecule has 2 aliphatic rings. The van der Waals surface area contributed by atoms with Gasteiger partial charge in [0.2, 0.25) is 5.91 Å². The number of hydrogen-bond acceptors (Lipinski definition) is 13. The normalized spacial score (nSPS) is 26.7. The summed E-state index contributed by atoms with van der Waals surface area (Å²) in [7, 11) is 0. The van der Waals surface area contributed by atoms with Crippen molar-refractivity contribution in [1.29, 1.82) is 0 Å². The molecule has 9 N–H and O–H groups in total. The Morgan fingerprint density at radius 2 is 0.940 bits per heavy atom. The van der Waals surface area contributed by atoms with Crippen LogP contribution >= 0.6 is 0 Å². The third-order valence-corrected chi connectivity index (χ3v) is 13.4. The highest BCUT2D eigenvalue weighted by Crippen LogP contribution is 2.30. The molecule has 12 unspecified atom stereocenters. The summed E-state index contributed by atoms with van der Waals surface area (Å²) in [5.74, 6) is -0.241. The summed E-state index contributed by atoms with van der Waals surface area (Å²) in [6, 6.07) is -0.912. The summed E-state index contributed by atoms with van der Waals surface area (Å²) in [5.41, 5.74) is 0. The monoisotopic (exact) mass is 958 g/mol. The van der Waals surface area contributed by atoms with Gasteiger partial charge in [0.1, 0.15) is 48.8 Å². The maximum absolute atomic E-state index is 13.2. The van der Waals surface area contributed by atoms with Crippen LogP contribution in [0.15, 0.2) is 24.3 Å². The van der Waals surface area contributed by atoms with Gasteiger partial charge in [-0.25, -0.2) is 0 Å². The van der Waals surface area contributed by atoms with Crippen LogP contribution in [0, 0.1) is 0 Å². The van der Waals surface area contributed by atoms with E-state index in [2.05, 4.69) is 31.3 Å². The Morgan fingerprint density at radius 1 is 0.522 bits per heavy atom. The molecular formula is C53H99NO13. The molecule has 2 aliphatic heterocycles. The van der Waals surface area contributed by atoms with Crippen LogP contribution in [0.5, 0.6) is 0 Å². The quantitative estimate of drug-likeness (QED) is 0.0211. The molecule has 394 valence electrons. The van der Waals surface area contributed by atoms with Crippen LogP contribution in [0.1, 0.15) is 213 Å². The number of amides is 1. The smallest absolute Gasteiger partial charge is 0.220 e. The molecule has 67 heavy (non-hydrogen) atoms. The second kappa shape index (κ2) is 40.1. The van der Waals surface area contributed by atoms with Gasteiger partial charge < -0.3 is 65.1 Å². The molecule has 14 heteroatoms. The summed E-state index contributed by atoms with van der Waals surface area (Å²) in [5, 5.41) is 86.8. The van der Waals surface area contributed by atoms with Crippen molar-refractivity contribution < 1.29 is 64.6 Å². The second-order valence-electron chi connectivity index (χ2n) is 19.4. The number of carbonyl (C=O) groups excluding carboxylic acids is 1. The van der Waals surface area contributed by atoms with Gasteiger partial charge in [0.05, 0.1) is 32.0 Å². The molecule has 0 aromatic rings. The van der Waals surface area contributed by atoms with Gasteiger partial charge >= 0.3 is 0 Å². The zero-order chi connectivity index (χ0) is 48.9. The van der Waals surface area contributed by atoms with E-state index < -0.39 is 86.8 Å². The van der Waals surface area contributed by atoms with E-state index in [9.17, 15) is 45.6 Å². The van der Waals surface area contributed by atoms with Gasteiger partial charge in [-0.05, 0) is 44.9 Å². The average molecular weight is 958 g/mol. The predicted molar refractivity (Wildman–Crippen MR) is 263 cm³/mol. The first-order valence-corrected chi connectivity index (χ1v) is 27.1. The molecule has 2 rings (SSSR count). The lowest BCUT2D eigenvalue weighted by Gasteiger charge is -2.46. The van der Waals surface area contributed by atoms with Crippen LogP contribution in [0.4, 0.5) is 0 Å². The van der Waals surface area contributed by atoms with E-state index in [0.717, 1.165) is 38.5 Å². The summed E-state index contributed by atoms with van der Waals surface area (Å²) in [6.45, 7) is 2.79. The number of ether oxygens (including phenoxy) is 4. The first-order valence-electron chi connectivity index (χ1n) is 27.1. The lowest BCUT2D eigenvalue weighted by Crippen LogP contribution is -2.65. The van der Waals surface area contributed by atoms with Gasteiger partial charge in [-0.2, -0.15) is 0 Å². The summed E-state index contributed by atoms with van der Waals surface area (Å²) in [4.78, 5) is 13.2. The van der Waals surface area contributed by atoms with Gasteiger partial charge in [-0.3, -0.25) is 4.79 Å². The third-order valence-electron chi connectivity index (χ3n) is 13.4. The number of allylic oxidation sites excluding steroid dienone is 3. The Hall–Kier alpha value is -1.53. The highest BCUT2D eigenvalue weighted by molar-refractivity contribution is 5.76. The van der Waals surface area contributed by atoms with Crippen molar-refractivity contribution in [3.8, 4) is 0 Å². The van der Waals surface area contributed by atoms with Gasteiger partial charge in [0, 0.05) is 6.42 Å². The maximum atomic E-state index is 13.2. The fraction of sp³-hybridized carbons (Fsp3) is 0.906. The molecule has 2 saturated heterocycles. The van der Waals surface area contributed by atoms with E-state index in [1.165, 1.54) is 148 Å². The molecule has 0 aliphatic carbocycles. The topological polar surface area (TPSA) is 228 Å². The van der Waals surface area contributed by atoms with Crippen LogP contribution in [0.25, 0.3) is 0 Å². The fourth-order valence-electron chi connectivity index (χ4n) is 8.93. The lowest BCUT2D eigenvalue weighted by molar-refractivity contribution is -0.359. The molecule has 0 aromatic carbocycles. The molecule has 1 amide bonds. The van der Waals surface area contributed by atoms with Crippen molar-refractivity contribution in [3.05, 3.63) is 24.3 Å². The Balaban J connectivity index is 1.81. The number of aliphatic hydroxyl groups is 8. The second-order valence-corrected chi connectivity index (χ2v) is 19.4. The van der Waals surface area contributed by atoms with E-state index in [4.69, 9.17) is 18.9 Å². The number of unbranched alkanes of at least 4 members (excludes halogenated alkanes) is 27. The highest BCUT2D eigenvalue weighted by atomic mass is 16.7. The maximum Gasteiger partial charge on any atom is 0.220 e. The van der Waals surface area contributed by atoms with Crippen LogP contribution < -0.4 is 5.32 Å². The fourth-order valence-corrected chi connectivity index (χ4v) is 8.93. The molecule has 14 nitrogen and oxygen atoms in total. The minimum absolute atomic E-state index is 0.241. The highest BCUT2D eigenvalue weighted by Gasteiger charge is 2.51. The number of rotatable bonds is 42. The van der Waals surface area contributed by atoms with Crippen molar-refractivity contribution in [2.75, 3.05) is 19.8 Å². The molecule has 0 spiro atoms. The van der Waals surface area contributed by atoms with Crippen molar-refractivity contribution in [2.45, 2.75) is 286 Å². The number of aliphatic hydroxyl groups excluding tert-OH is 8. The van der Waals surface area contributed by atoms with Crippen LogP contribution in [-0.4, -0.2) is 140 Å². The first-order chi connectivity index (χ1) is 32.6. The molecule has 2 heterocycles. The number of carbonyl (C=O) groups is 1. The van der Waals surface area contributed by atoms with E-state index >= 15 is 0 Å². The predicted octanol–water partition coefficient (Wildman–Crippen LogP) is 7.72. The van der Waals surface area contributed by atoms with E-state index in [1.807, 2.05) is 6.08 Å². The average Bonchev–Trinajstić information content (AvgIpc) is 3.32. The Kier molecular flexibility index (Phi) is 36.9. The minimum atomic E-state index is -1.79. The molecule has 2 fully saturated rings. The Labute approximate surface area is 405 Å². The van der Waals surface area contributed by atoms with E-state index in [-0.39, 0.29) is 18.9 Å². The van der Waals surface area contributed by atoms with E-state index in [0.29, 0.717) is 6.42 Å². The molecule has 0 aromatic heterocycles. The summed E-state index contributed by atoms with van der Waals surface area (Å²) < 4.78 is 22.7. The standard InChI is InChI=1S/C53H99NO13/c1-3-5-7-9-11-13-15-17-19-20-21-22-23-25-27-29-31-33-35-37-45(58)54-41(42(57)36-34-32-30-28-26-24-18-16-14-12-10-8-6-4-2)40-64-52-50(63)48(61)51(44(39-56)66-52)67-53-49(62)47(60)46(59)43(38-55)65-53/h17,19,34,36,41-44,46-53,55-57,59-63H,3-16,18,20-33,35,37-40H2,1-2H3,(H,54,58)/b19-17-,36-34+. The minimum Gasteiger partial charge on any atom is -0.394 e. The Morgan fingerprint density at radius 3 is 1.42 bits per heavy atom.